The fourth-order valence-electron chi connectivity index (χ4n) is 2.38. The van der Waals surface area contributed by atoms with Crippen LogP contribution in [-0.4, -0.2) is 24.0 Å². The molecule has 1 heterocycles. The van der Waals surface area contributed by atoms with E-state index in [0.717, 1.165) is 24.6 Å². The summed E-state index contributed by atoms with van der Waals surface area (Å²) >= 11 is 0. The second-order valence-electron chi connectivity index (χ2n) is 5.32. The Bertz CT molecular complexity index is 602. The van der Waals surface area contributed by atoms with E-state index in [0.29, 0.717) is 6.54 Å². The van der Waals surface area contributed by atoms with Crippen LogP contribution in [0.3, 0.4) is 0 Å². The molecular weight excluding hydrogens is 272 g/mol. The van der Waals surface area contributed by atoms with Gasteiger partial charge in [0.2, 0.25) is 0 Å². The number of benzene rings is 1. The Balaban J connectivity index is 2.05. The van der Waals surface area contributed by atoms with Gasteiger partial charge in [0, 0.05) is 24.7 Å². The van der Waals surface area contributed by atoms with Crippen LogP contribution in [0.1, 0.15) is 38.7 Å². The fourth-order valence-corrected chi connectivity index (χ4v) is 2.38. The van der Waals surface area contributed by atoms with Crippen LogP contribution in [0, 0.1) is 0 Å². The second-order valence-corrected chi connectivity index (χ2v) is 5.32. The van der Waals surface area contributed by atoms with Crippen molar-refractivity contribution in [2.75, 3.05) is 13.1 Å². The van der Waals surface area contributed by atoms with E-state index in [9.17, 15) is 0 Å². The summed E-state index contributed by atoms with van der Waals surface area (Å²) in [7, 11) is 0. The van der Waals surface area contributed by atoms with Crippen molar-refractivity contribution in [2.24, 2.45) is 4.99 Å². The number of hydrogen-bond acceptors (Lipinski definition) is 2. The summed E-state index contributed by atoms with van der Waals surface area (Å²) in [6.45, 7) is 6.80. The van der Waals surface area contributed by atoms with E-state index in [-0.39, 0.29) is 0 Å². The summed E-state index contributed by atoms with van der Waals surface area (Å²) in [5.74, 6) is 0.888. The second kappa shape index (κ2) is 9.03. The zero-order chi connectivity index (χ0) is 15.6. The molecule has 0 aliphatic heterocycles. The molecule has 118 valence electrons. The molecule has 0 unspecified atom stereocenters. The van der Waals surface area contributed by atoms with E-state index in [2.05, 4.69) is 35.5 Å². The van der Waals surface area contributed by atoms with Crippen molar-refractivity contribution in [3.05, 3.63) is 42.1 Å². The van der Waals surface area contributed by atoms with Crippen LogP contribution in [-0.2, 0) is 6.54 Å². The normalized spacial score (nSPS) is 11.6. The van der Waals surface area contributed by atoms with Gasteiger partial charge in [-0.2, -0.15) is 0 Å². The minimum Gasteiger partial charge on any atom is -0.357 e. The zero-order valence-electron chi connectivity index (χ0n) is 13.6. The molecule has 1 aromatic heterocycles. The van der Waals surface area contributed by atoms with Crippen molar-refractivity contribution in [3.63, 3.8) is 0 Å². The van der Waals surface area contributed by atoms with E-state index in [1.54, 1.807) is 0 Å². The van der Waals surface area contributed by atoms with Crippen molar-refractivity contribution in [2.45, 2.75) is 39.7 Å². The van der Waals surface area contributed by atoms with Crippen molar-refractivity contribution >= 4 is 16.9 Å². The zero-order valence-corrected chi connectivity index (χ0v) is 13.6. The number of aromatic nitrogens is 1. The molecule has 0 fully saturated rings. The number of nitrogens with one attached hydrogen (secondary N) is 2. The number of pyridine rings is 1. The van der Waals surface area contributed by atoms with Gasteiger partial charge in [0.15, 0.2) is 5.96 Å². The van der Waals surface area contributed by atoms with Crippen molar-refractivity contribution in [1.29, 1.82) is 0 Å². The van der Waals surface area contributed by atoms with Crippen LogP contribution < -0.4 is 10.6 Å². The molecule has 2 rings (SSSR count). The number of para-hydroxylation sites is 1. The molecule has 0 spiro atoms. The molecule has 0 amide bonds. The Morgan fingerprint density at radius 2 is 1.95 bits per heavy atom. The average Bonchev–Trinajstić information content (AvgIpc) is 2.56. The first kappa shape index (κ1) is 16.3. The summed E-state index contributed by atoms with van der Waals surface area (Å²) in [4.78, 5) is 9.09. The highest BCUT2D eigenvalue weighted by Crippen LogP contribution is 2.16. The molecule has 0 atom stereocenters. The Kier molecular flexibility index (Phi) is 6.68. The lowest BCUT2D eigenvalue weighted by Gasteiger charge is -2.11. The summed E-state index contributed by atoms with van der Waals surface area (Å²) in [6, 6.07) is 10.3. The molecule has 0 saturated heterocycles. The van der Waals surface area contributed by atoms with Crippen LogP contribution in [0.25, 0.3) is 10.9 Å². The van der Waals surface area contributed by atoms with Gasteiger partial charge in [-0.25, -0.2) is 4.99 Å². The fraction of sp³-hybridized carbons (Fsp3) is 0.444. The number of hydrogen-bond donors (Lipinski definition) is 2. The molecule has 4 nitrogen and oxygen atoms in total. The Morgan fingerprint density at radius 3 is 2.77 bits per heavy atom. The highest BCUT2D eigenvalue weighted by atomic mass is 15.2. The van der Waals surface area contributed by atoms with Gasteiger partial charge in [-0.15, -0.1) is 0 Å². The third-order valence-electron chi connectivity index (χ3n) is 3.56. The summed E-state index contributed by atoms with van der Waals surface area (Å²) in [6.07, 6.45) is 5.52. The van der Waals surface area contributed by atoms with E-state index < -0.39 is 0 Å². The largest absolute Gasteiger partial charge is 0.357 e. The summed E-state index contributed by atoms with van der Waals surface area (Å²) in [5.41, 5.74) is 2.23. The number of rotatable bonds is 7. The number of aliphatic imine (C=N–C) groups is 1. The third-order valence-corrected chi connectivity index (χ3v) is 3.56. The number of fused-ring (bicyclic) bond motifs is 1. The Hall–Kier alpha value is -2.10. The van der Waals surface area contributed by atoms with Gasteiger partial charge in [0.1, 0.15) is 0 Å². The van der Waals surface area contributed by atoms with Crippen LogP contribution in [0.5, 0.6) is 0 Å². The van der Waals surface area contributed by atoms with Crippen molar-refractivity contribution in [3.8, 4) is 0 Å². The molecule has 0 saturated carbocycles. The first-order chi connectivity index (χ1) is 10.8. The standard InChI is InChI=1S/C18H26N4/c1-3-5-8-12-21-18(19-4-2)22-14-15-11-13-20-17-10-7-6-9-16(15)17/h6-7,9-11,13H,3-5,8,12,14H2,1-2H3,(H2,19,21,22). The molecule has 0 radical (unpaired) electrons. The van der Waals surface area contributed by atoms with Crippen LogP contribution in [0.15, 0.2) is 41.5 Å². The number of nitrogens with zero attached hydrogens (tertiary/aromatic N) is 2. The van der Waals surface area contributed by atoms with Crippen molar-refractivity contribution < 1.29 is 0 Å². The quantitative estimate of drug-likeness (QED) is 0.467. The van der Waals surface area contributed by atoms with Crippen molar-refractivity contribution in [1.82, 2.24) is 15.6 Å². The SMILES string of the molecule is CCCCCNC(=NCc1ccnc2ccccc12)NCC. The van der Waals surface area contributed by atoms with Gasteiger partial charge in [0.05, 0.1) is 12.1 Å². The van der Waals surface area contributed by atoms with Gasteiger partial charge in [-0.05, 0) is 31.0 Å². The van der Waals surface area contributed by atoms with Crippen LogP contribution >= 0.6 is 0 Å². The lowest BCUT2D eigenvalue weighted by Crippen LogP contribution is -2.37. The summed E-state index contributed by atoms with van der Waals surface area (Å²) < 4.78 is 0. The highest BCUT2D eigenvalue weighted by Gasteiger charge is 2.02. The Morgan fingerprint density at radius 1 is 1.09 bits per heavy atom. The van der Waals surface area contributed by atoms with Gasteiger partial charge in [0.25, 0.3) is 0 Å². The monoisotopic (exact) mass is 298 g/mol. The van der Waals surface area contributed by atoms with Gasteiger partial charge >= 0.3 is 0 Å². The van der Waals surface area contributed by atoms with E-state index >= 15 is 0 Å². The lowest BCUT2D eigenvalue weighted by atomic mass is 10.1. The average molecular weight is 298 g/mol. The minimum atomic E-state index is 0.659. The summed E-state index contributed by atoms with van der Waals surface area (Å²) in [5, 5.41) is 7.87. The minimum absolute atomic E-state index is 0.659. The number of unbranched alkanes of at least 4 members (excludes halogenated alkanes) is 2. The predicted octanol–water partition coefficient (Wildman–Crippen LogP) is 3.48. The molecule has 0 aliphatic carbocycles. The lowest BCUT2D eigenvalue weighted by molar-refractivity contribution is 0.683. The molecule has 4 heteroatoms. The van der Waals surface area contributed by atoms with E-state index in [4.69, 9.17) is 4.99 Å². The van der Waals surface area contributed by atoms with E-state index in [1.165, 1.54) is 30.2 Å². The van der Waals surface area contributed by atoms with Gasteiger partial charge < -0.3 is 10.6 Å². The van der Waals surface area contributed by atoms with E-state index in [1.807, 2.05) is 30.5 Å². The topological polar surface area (TPSA) is 49.3 Å². The molecule has 2 aromatic rings. The molecular formula is C18H26N4. The van der Waals surface area contributed by atoms with Crippen LogP contribution in [0.2, 0.25) is 0 Å². The molecule has 2 N–H and O–H groups in total. The maximum atomic E-state index is 4.70. The molecule has 22 heavy (non-hydrogen) atoms. The van der Waals surface area contributed by atoms with Gasteiger partial charge in [-0.1, -0.05) is 38.0 Å². The third kappa shape index (κ3) is 4.72. The van der Waals surface area contributed by atoms with Gasteiger partial charge in [-0.3, -0.25) is 4.98 Å². The predicted molar refractivity (Wildman–Crippen MR) is 94.1 cm³/mol. The maximum Gasteiger partial charge on any atom is 0.191 e. The molecule has 0 aliphatic rings. The first-order valence-corrected chi connectivity index (χ1v) is 8.20. The van der Waals surface area contributed by atoms with Crippen LogP contribution in [0.4, 0.5) is 0 Å². The Labute approximate surface area is 133 Å². The molecule has 1 aromatic carbocycles. The number of guanidine groups is 1. The first-order valence-electron chi connectivity index (χ1n) is 8.20. The smallest absolute Gasteiger partial charge is 0.191 e. The highest BCUT2D eigenvalue weighted by molar-refractivity contribution is 5.83. The maximum absolute atomic E-state index is 4.70. The molecule has 0 bridgehead atoms.